The van der Waals surface area contributed by atoms with Crippen LogP contribution in [0, 0.1) is 11.3 Å². The molecule has 0 spiro atoms. The molecule has 3 rings (SSSR count). The Morgan fingerprint density at radius 2 is 1.56 bits per heavy atom. The number of aliphatic carboxylic acids is 1. The maximum Gasteiger partial charge on any atom is 0.407 e. The van der Waals surface area contributed by atoms with Crippen molar-refractivity contribution in [1.82, 2.24) is 10.2 Å². The highest BCUT2D eigenvalue weighted by Crippen LogP contribution is 2.44. The number of nitrogens with one attached hydrogen (secondary N) is 1. The van der Waals surface area contributed by atoms with Crippen LogP contribution in [-0.4, -0.2) is 53.7 Å². The number of alkyl carbamates (subject to hydrolysis) is 1. The molecule has 1 unspecified atom stereocenters. The number of ether oxygens (including phenoxy) is 1. The van der Waals surface area contributed by atoms with E-state index in [0.29, 0.717) is 6.54 Å². The third kappa shape index (κ3) is 5.41. The fourth-order valence-electron chi connectivity index (χ4n) is 4.37. The molecule has 2 amide bonds. The monoisotopic (exact) mass is 466 g/mol. The van der Waals surface area contributed by atoms with Crippen molar-refractivity contribution in [3.8, 4) is 11.1 Å². The highest BCUT2D eigenvalue weighted by Gasteiger charge is 2.37. The smallest absolute Gasteiger partial charge is 0.407 e. The second kappa shape index (κ2) is 10.3. The first-order valence-corrected chi connectivity index (χ1v) is 11.7. The van der Waals surface area contributed by atoms with Gasteiger partial charge in [0.2, 0.25) is 5.91 Å². The summed E-state index contributed by atoms with van der Waals surface area (Å²) in [4.78, 5) is 38.8. The van der Waals surface area contributed by atoms with Crippen LogP contribution in [0.2, 0.25) is 0 Å². The minimum absolute atomic E-state index is 0.0730. The van der Waals surface area contributed by atoms with Crippen LogP contribution >= 0.6 is 0 Å². The molecule has 0 aliphatic heterocycles. The number of likely N-dealkylation sites (N-methyl/N-ethyl adjacent to an activating group) is 1. The third-order valence-electron chi connectivity index (χ3n) is 6.33. The van der Waals surface area contributed by atoms with E-state index >= 15 is 0 Å². The molecule has 182 valence electrons. The number of nitrogens with zero attached hydrogens (tertiary/aromatic N) is 1. The lowest BCUT2D eigenvalue weighted by Crippen LogP contribution is -2.55. The number of carbonyl (C=O) groups is 3. The molecule has 7 heteroatoms. The van der Waals surface area contributed by atoms with Gasteiger partial charge in [-0.25, -0.2) is 4.79 Å². The Morgan fingerprint density at radius 1 is 1.03 bits per heavy atom. The van der Waals surface area contributed by atoms with Gasteiger partial charge in [0.05, 0.1) is 5.92 Å². The van der Waals surface area contributed by atoms with Gasteiger partial charge in [-0.2, -0.15) is 0 Å². The molecule has 7 nitrogen and oxygen atoms in total. The Balaban J connectivity index is 1.71. The van der Waals surface area contributed by atoms with Crippen LogP contribution in [0.15, 0.2) is 48.5 Å². The first-order chi connectivity index (χ1) is 16.0. The molecule has 1 aliphatic rings. The van der Waals surface area contributed by atoms with Crippen molar-refractivity contribution >= 4 is 18.0 Å². The Kier molecular flexibility index (Phi) is 7.64. The number of rotatable bonds is 8. The van der Waals surface area contributed by atoms with Gasteiger partial charge in [0.1, 0.15) is 12.6 Å². The summed E-state index contributed by atoms with van der Waals surface area (Å²) in [6.45, 7) is 9.48. The Hall–Kier alpha value is -3.35. The van der Waals surface area contributed by atoms with Crippen LogP contribution in [0.1, 0.15) is 51.7 Å². The van der Waals surface area contributed by atoms with E-state index in [0.717, 1.165) is 22.3 Å². The predicted molar refractivity (Wildman–Crippen MR) is 131 cm³/mol. The number of carboxylic acids is 1. The van der Waals surface area contributed by atoms with Crippen LogP contribution in [0.4, 0.5) is 4.79 Å². The molecule has 0 fully saturated rings. The lowest BCUT2D eigenvalue weighted by molar-refractivity contribution is -0.144. The average Bonchev–Trinajstić information content (AvgIpc) is 3.12. The lowest BCUT2D eigenvalue weighted by Gasteiger charge is -2.35. The Morgan fingerprint density at radius 3 is 2.03 bits per heavy atom. The average molecular weight is 467 g/mol. The minimum atomic E-state index is -0.969. The van der Waals surface area contributed by atoms with Gasteiger partial charge in [-0.1, -0.05) is 76.2 Å². The quantitative estimate of drug-likeness (QED) is 0.597. The van der Waals surface area contributed by atoms with Gasteiger partial charge in [0.15, 0.2) is 0 Å². The zero-order chi connectivity index (χ0) is 25.0. The summed E-state index contributed by atoms with van der Waals surface area (Å²) >= 11 is 0. The molecule has 1 aliphatic carbocycles. The van der Waals surface area contributed by atoms with Crippen LogP contribution in [0.5, 0.6) is 0 Å². The summed E-state index contributed by atoms with van der Waals surface area (Å²) in [7, 11) is 0. The second-order valence-corrected chi connectivity index (χ2v) is 9.89. The van der Waals surface area contributed by atoms with Gasteiger partial charge in [-0.05, 0) is 34.6 Å². The number of hydrogen-bond acceptors (Lipinski definition) is 4. The predicted octanol–water partition coefficient (Wildman–Crippen LogP) is 4.51. The summed E-state index contributed by atoms with van der Waals surface area (Å²) in [5.41, 5.74) is 3.91. The van der Waals surface area contributed by atoms with Crippen LogP contribution in [-0.2, 0) is 14.3 Å². The number of amides is 2. The van der Waals surface area contributed by atoms with E-state index in [2.05, 4.69) is 17.4 Å². The largest absolute Gasteiger partial charge is 0.481 e. The van der Waals surface area contributed by atoms with Gasteiger partial charge in [0, 0.05) is 19.0 Å². The van der Waals surface area contributed by atoms with E-state index in [1.807, 2.05) is 57.2 Å². The van der Waals surface area contributed by atoms with E-state index in [1.165, 1.54) is 4.90 Å². The lowest BCUT2D eigenvalue weighted by atomic mass is 9.85. The molecule has 0 radical (unpaired) electrons. The van der Waals surface area contributed by atoms with E-state index in [9.17, 15) is 19.5 Å². The molecule has 2 N–H and O–H groups in total. The summed E-state index contributed by atoms with van der Waals surface area (Å²) in [5.74, 6) is -2.08. The second-order valence-electron chi connectivity index (χ2n) is 9.89. The maximum absolute atomic E-state index is 13.3. The van der Waals surface area contributed by atoms with E-state index in [-0.39, 0.29) is 25.0 Å². The van der Waals surface area contributed by atoms with Gasteiger partial charge in [-0.15, -0.1) is 0 Å². The zero-order valence-corrected chi connectivity index (χ0v) is 20.5. The molecule has 2 atom stereocenters. The Bertz CT molecular complexity index is 1010. The van der Waals surface area contributed by atoms with Crippen molar-refractivity contribution in [2.24, 2.45) is 11.3 Å². The number of benzene rings is 2. The molecule has 0 aromatic heterocycles. The number of carbonyl (C=O) groups excluding carboxylic acids is 2. The van der Waals surface area contributed by atoms with E-state index in [1.54, 1.807) is 13.8 Å². The number of carboxylic acid groups (broad SMARTS) is 1. The van der Waals surface area contributed by atoms with Crippen molar-refractivity contribution in [2.75, 3.05) is 19.7 Å². The fraction of sp³-hybridized carbons (Fsp3) is 0.444. The van der Waals surface area contributed by atoms with Crippen molar-refractivity contribution < 1.29 is 24.2 Å². The first kappa shape index (κ1) is 25.3. The molecule has 2 aromatic carbocycles. The van der Waals surface area contributed by atoms with E-state index in [4.69, 9.17) is 4.74 Å². The molecule has 34 heavy (non-hydrogen) atoms. The van der Waals surface area contributed by atoms with Crippen LogP contribution in [0.25, 0.3) is 11.1 Å². The molecule has 0 bridgehead atoms. The van der Waals surface area contributed by atoms with Crippen molar-refractivity contribution in [3.63, 3.8) is 0 Å². The van der Waals surface area contributed by atoms with Crippen LogP contribution < -0.4 is 5.32 Å². The standard InChI is InChI=1S/C27H34N2O5/c1-6-29(15-17(2)25(31)32)24(30)23(27(3,4)5)28-26(33)34-16-22-20-13-9-7-11-18(20)19-12-8-10-14-21(19)22/h7-14,17,22-23H,6,15-16H2,1-5H3,(H,28,33)(H,31,32)/t17?,23-/m1/s1. The molecule has 0 saturated heterocycles. The number of hydrogen-bond donors (Lipinski definition) is 2. The molecular formula is C27H34N2O5. The van der Waals surface area contributed by atoms with Gasteiger partial charge in [-0.3, -0.25) is 9.59 Å². The summed E-state index contributed by atoms with van der Waals surface area (Å²) in [6, 6.07) is 15.3. The van der Waals surface area contributed by atoms with E-state index < -0.39 is 29.4 Å². The topological polar surface area (TPSA) is 95.9 Å². The highest BCUT2D eigenvalue weighted by atomic mass is 16.5. The SMILES string of the molecule is CCN(CC(C)C(=O)O)C(=O)[C@@H](NC(=O)OCC1c2ccccc2-c2ccccc21)C(C)(C)C. The zero-order valence-electron chi connectivity index (χ0n) is 20.5. The fourth-order valence-corrected chi connectivity index (χ4v) is 4.37. The molecule has 2 aromatic rings. The molecular weight excluding hydrogens is 432 g/mol. The van der Waals surface area contributed by atoms with Crippen LogP contribution in [0.3, 0.4) is 0 Å². The molecule has 0 heterocycles. The first-order valence-electron chi connectivity index (χ1n) is 11.7. The van der Waals surface area contributed by atoms with Gasteiger partial charge >= 0.3 is 12.1 Å². The maximum atomic E-state index is 13.3. The van der Waals surface area contributed by atoms with Gasteiger partial charge < -0.3 is 20.1 Å². The summed E-state index contributed by atoms with van der Waals surface area (Å²) < 4.78 is 5.63. The summed E-state index contributed by atoms with van der Waals surface area (Å²) in [6.07, 6.45) is -0.669. The van der Waals surface area contributed by atoms with Gasteiger partial charge in [0.25, 0.3) is 0 Å². The summed E-state index contributed by atoms with van der Waals surface area (Å²) in [5, 5.41) is 12.0. The molecule has 0 saturated carbocycles. The third-order valence-corrected chi connectivity index (χ3v) is 6.33. The Labute approximate surface area is 201 Å². The normalized spacial score (nSPS) is 14.5. The highest BCUT2D eigenvalue weighted by molar-refractivity contribution is 5.87. The van der Waals surface area contributed by atoms with Crippen molar-refractivity contribution in [3.05, 3.63) is 59.7 Å². The minimum Gasteiger partial charge on any atom is -0.481 e. The van der Waals surface area contributed by atoms with Crippen molar-refractivity contribution in [2.45, 2.75) is 46.6 Å². The number of fused-ring (bicyclic) bond motifs is 3. The van der Waals surface area contributed by atoms with Crippen molar-refractivity contribution in [1.29, 1.82) is 0 Å².